The molecular weight excluding hydrogens is 269 g/mol. The van der Waals surface area contributed by atoms with Gasteiger partial charge in [0.25, 0.3) is 5.91 Å². The number of ether oxygens (including phenoxy) is 1. The number of carbonyl (C=O) groups excluding carboxylic acids is 1. The first kappa shape index (κ1) is 13.9. The van der Waals surface area contributed by atoms with E-state index in [9.17, 15) is 9.18 Å². The molecule has 0 radical (unpaired) electrons. The number of aliphatic hydroxyl groups is 1. The summed E-state index contributed by atoms with van der Waals surface area (Å²) < 4.78 is 18.8. The van der Waals surface area contributed by atoms with Crippen LogP contribution < -0.4 is 5.32 Å². The number of halogens is 1. The summed E-state index contributed by atoms with van der Waals surface area (Å²) in [5.41, 5.74) is 0. The number of hydrogen-bond donors (Lipinski definition) is 2. The Hall–Kier alpha value is -1.50. The van der Waals surface area contributed by atoms with Crippen LogP contribution in [0.1, 0.15) is 9.67 Å². The average molecular weight is 283 g/mol. The van der Waals surface area contributed by atoms with Gasteiger partial charge in [0.15, 0.2) is 0 Å². The van der Waals surface area contributed by atoms with E-state index in [0.29, 0.717) is 10.3 Å². The Morgan fingerprint density at radius 3 is 3.00 bits per heavy atom. The molecule has 1 aromatic heterocycles. The predicted molar refractivity (Wildman–Crippen MR) is 72.0 cm³/mol. The quantitative estimate of drug-likeness (QED) is 0.879. The first-order chi connectivity index (χ1) is 9.13. The summed E-state index contributed by atoms with van der Waals surface area (Å²) in [4.78, 5) is 12.5. The second-order valence-corrected chi connectivity index (χ2v) is 5.18. The van der Waals surface area contributed by atoms with E-state index < -0.39 is 6.04 Å². The lowest BCUT2D eigenvalue weighted by atomic mass is 10.2. The average Bonchev–Trinajstić information content (AvgIpc) is 2.81. The first-order valence-corrected chi connectivity index (χ1v) is 6.55. The summed E-state index contributed by atoms with van der Waals surface area (Å²) in [5.74, 6) is -0.623. The zero-order chi connectivity index (χ0) is 13.8. The Morgan fingerprint density at radius 1 is 1.53 bits per heavy atom. The fraction of sp³-hybridized carbons (Fsp3) is 0.308. The molecular formula is C13H14FNO3S. The van der Waals surface area contributed by atoms with Gasteiger partial charge in [-0.2, -0.15) is 0 Å². The highest BCUT2D eigenvalue weighted by atomic mass is 32.1. The third kappa shape index (κ3) is 3.28. The molecule has 0 bridgehead atoms. The second-order valence-electron chi connectivity index (χ2n) is 4.10. The summed E-state index contributed by atoms with van der Waals surface area (Å²) in [6, 6.07) is 5.59. The third-order valence-electron chi connectivity index (χ3n) is 2.63. The summed E-state index contributed by atoms with van der Waals surface area (Å²) in [6.45, 7) is 0.0425. The van der Waals surface area contributed by atoms with Crippen molar-refractivity contribution in [2.24, 2.45) is 0 Å². The maximum absolute atomic E-state index is 13.1. The van der Waals surface area contributed by atoms with Gasteiger partial charge in [0, 0.05) is 11.8 Å². The van der Waals surface area contributed by atoms with E-state index in [-0.39, 0.29) is 24.9 Å². The Labute approximate surface area is 113 Å². The maximum Gasteiger partial charge on any atom is 0.261 e. The van der Waals surface area contributed by atoms with Gasteiger partial charge in [0.05, 0.1) is 24.1 Å². The molecule has 1 aromatic carbocycles. The van der Waals surface area contributed by atoms with E-state index in [2.05, 4.69) is 5.32 Å². The number of benzene rings is 1. The minimum atomic E-state index is -0.445. The van der Waals surface area contributed by atoms with Gasteiger partial charge in [0.1, 0.15) is 5.82 Å². The summed E-state index contributed by atoms with van der Waals surface area (Å²) >= 11 is 1.28. The van der Waals surface area contributed by atoms with Gasteiger partial charge in [0.2, 0.25) is 0 Å². The van der Waals surface area contributed by atoms with Crippen LogP contribution in [0, 0.1) is 5.82 Å². The van der Waals surface area contributed by atoms with Crippen molar-refractivity contribution in [2.75, 3.05) is 20.3 Å². The van der Waals surface area contributed by atoms with Gasteiger partial charge in [-0.05, 0) is 29.7 Å². The molecule has 1 amide bonds. The van der Waals surface area contributed by atoms with Crippen molar-refractivity contribution in [2.45, 2.75) is 6.04 Å². The van der Waals surface area contributed by atoms with Crippen LogP contribution in [0.15, 0.2) is 24.3 Å². The van der Waals surface area contributed by atoms with Crippen LogP contribution in [-0.4, -0.2) is 37.4 Å². The van der Waals surface area contributed by atoms with Gasteiger partial charge in [-0.15, -0.1) is 11.3 Å². The highest BCUT2D eigenvalue weighted by Crippen LogP contribution is 2.26. The zero-order valence-electron chi connectivity index (χ0n) is 10.4. The van der Waals surface area contributed by atoms with Gasteiger partial charge in [-0.3, -0.25) is 4.79 Å². The van der Waals surface area contributed by atoms with Crippen molar-refractivity contribution >= 4 is 27.3 Å². The number of amides is 1. The van der Waals surface area contributed by atoms with Crippen molar-refractivity contribution in [1.82, 2.24) is 5.32 Å². The normalized spacial score (nSPS) is 12.6. The van der Waals surface area contributed by atoms with Gasteiger partial charge in [-0.1, -0.05) is 0 Å². The van der Waals surface area contributed by atoms with Crippen molar-refractivity contribution < 1.29 is 19.0 Å². The molecule has 19 heavy (non-hydrogen) atoms. The summed E-state index contributed by atoms with van der Waals surface area (Å²) in [6.07, 6.45) is 0. The molecule has 0 fully saturated rings. The first-order valence-electron chi connectivity index (χ1n) is 5.74. The lowest BCUT2D eigenvalue weighted by Gasteiger charge is -2.14. The SMILES string of the molecule is COCC(CO)NC(=O)c1cc2cc(F)ccc2s1. The number of hydrogen-bond acceptors (Lipinski definition) is 4. The van der Waals surface area contributed by atoms with Gasteiger partial charge < -0.3 is 15.2 Å². The Bertz CT molecular complexity index is 584. The molecule has 4 nitrogen and oxygen atoms in total. The number of aliphatic hydroxyl groups excluding tert-OH is 1. The molecule has 0 aliphatic rings. The van der Waals surface area contributed by atoms with Crippen LogP contribution in [0.5, 0.6) is 0 Å². The van der Waals surface area contributed by atoms with Crippen LogP contribution in [0.25, 0.3) is 10.1 Å². The Morgan fingerprint density at radius 2 is 2.32 bits per heavy atom. The van der Waals surface area contributed by atoms with E-state index in [1.807, 2.05) is 0 Å². The molecule has 2 aromatic rings. The van der Waals surface area contributed by atoms with Crippen LogP contribution in [0.2, 0.25) is 0 Å². The Balaban J connectivity index is 2.17. The zero-order valence-corrected chi connectivity index (χ0v) is 11.2. The highest BCUT2D eigenvalue weighted by Gasteiger charge is 2.15. The van der Waals surface area contributed by atoms with Gasteiger partial charge in [-0.25, -0.2) is 4.39 Å². The van der Waals surface area contributed by atoms with Crippen LogP contribution in [0.4, 0.5) is 4.39 Å². The predicted octanol–water partition coefficient (Wildman–Crippen LogP) is 1.78. The molecule has 1 atom stereocenters. The fourth-order valence-corrected chi connectivity index (χ4v) is 2.67. The molecule has 0 saturated heterocycles. The molecule has 2 N–H and O–H groups in total. The van der Waals surface area contributed by atoms with E-state index >= 15 is 0 Å². The topological polar surface area (TPSA) is 58.6 Å². The molecule has 6 heteroatoms. The second kappa shape index (κ2) is 6.10. The fourth-order valence-electron chi connectivity index (χ4n) is 1.72. The number of thiophene rings is 1. The summed E-state index contributed by atoms with van der Waals surface area (Å²) in [5, 5.41) is 12.4. The van der Waals surface area contributed by atoms with E-state index in [0.717, 1.165) is 4.70 Å². The van der Waals surface area contributed by atoms with Crippen LogP contribution in [0.3, 0.4) is 0 Å². The van der Waals surface area contributed by atoms with Crippen LogP contribution in [-0.2, 0) is 4.74 Å². The van der Waals surface area contributed by atoms with Gasteiger partial charge >= 0.3 is 0 Å². The molecule has 2 rings (SSSR count). The molecule has 0 saturated carbocycles. The number of fused-ring (bicyclic) bond motifs is 1. The Kier molecular flexibility index (Phi) is 4.47. The smallest absolute Gasteiger partial charge is 0.261 e. The molecule has 1 unspecified atom stereocenters. The molecule has 102 valence electrons. The standard InChI is InChI=1S/C13H14FNO3S/c1-18-7-10(6-16)15-13(17)12-5-8-4-9(14)2-3-11(8)19-12/h2-5,10,16H,6-7H2,1H3,(H,15,17). The molecule has 0 aliphatic carbocycles. The maximum atomic E-state index is 13.1. The van der Waals surface area contributed by atoms with Crippen molar-refractivity contribution in [3.63, 3.8) is 0 Å². The van der Waals surface area contributed by atoms with Crippen molar-refractivity contribution in [3.8, 4) is 0 Å². The van der Waals surface area contributed by atoms with Crippen LogP contribution >= 0.6 is 11.3 Å². The monoisotopic (exact) mass is 283 g/mol. The lowest BCUT2D eigenvalue weighted by Crippen LogP contribution is -2.40. The van der Waals surface area contributed by atoms with E-state index in [1.165, 1.54) is 30.6 Å². The molecule has 0 aliphatic heterocycles. The lowest BCUT2D eigenvalue weighted by molar-refractivity contribution is 0.0843. The summed E-state index contributed by atoms with van der Waals surface area (Å²) in [7, 11) is 1.50. The van der Waals surface area contributed by atoms with Crippen molar-refractivity contribution in [3.05, 3.63) is 35.0 Å². The minimum Gasteiger partial charge on any atom is -0.394 e. The molecule has 0 spiro atoms. The number of methoxy groups -OCH3 is 1. The van der Waals surface area contributed by atoms with E-state index in [4.69, 9.17) is 9.84 Å². The van der Waals surface area contributed by atoms with E-state index in [1.54, 1.807) is 12.1 Å². The largest absolute Gasteiger partial charge is 0.394 e. The minimum absolute atomic E-state index is 0.195. The number of rotatable bonds is 5. The highest BCUT2D eigenvalue weighted by molar-refractivity contribution is 7.20. The number of nitrogens with one attached hydrogen (secondary N) is 1. The van der Waals surface area contributed by atoms with Crippen molar-refractivity contribution in [1.29, 1.82) is 0 Å². The third-order valence-corrected chi connectivity index (χ3v) is 3.74. The number of carbonyl (C=O) groups is 1. The molecule has 1 heterocycles.